The Bertz CT molecular complexity index is 1690. The zero-order valence-corrected chi connectivity index (χ0v) is 33.2. The number of ether oxygens (including phenoxy) is 1. The largest absolute Gasteiger partial charge is 0.384 e. The van der Waals surface area contributed by atoms with E-state index in [1.54, 1.807) is 26.1 Å². The number of carbonyl (C=O) groups excluding carboxylic acids is 5. The number of carbonyl (C=O) groups is 5. The van der Waals surface area contributed by atoms with Gasteiger partial charge >= 0.3 is 0 Å². The standard InChI is InChI=1S/C40H53BrN6O6/c1-8-42-40(52)36(25(2)3)46-37(49)27(5)43-24-33(20-28-12-10-9-11-13-28)45-39(51)31-21-30(22-34(23-31)47(6)35(48)18-19-53-7)38(50)44-26(4)29-14-16-32(41)17-15-29/h9-17,21-23,25-27,33,36,43H,8,18-20,24H2,1-7H3,(H,42,52)(H,44,50)(H,45,51)(H,46,49)/t26-,27+,33+,36+/m1/s1. The minimum absolute atomic E-state index is 0.114. The molecule has 3 aromatic carbocycles. The van der Waals surface area contributed by atoms with E-state index < -0.39 is 29.9 Å². The molecule has 53 heavy (non-hydrogen) atoms. The first-order valence-electron chi connectivity index (χ1n) is 17.9. The summed E-state index contributed by atoms with van der Waals surface area (Å²) in [6, 6.07) is 19.7. The van der Waals surface area contributed by atoms with Gasteiger partial charge < -0.3 is 36.2 Å². The van der Waals surface area contributed by atoms with Crippen molar-refractivity contribution in [2.45, 2.75) is 71.6 Å². The predicted molar refractivity (Wildman–Crippen MR) is 211 cm³/mol. The molecular weight excluding hydrogens is 740 g/mol. The Kier molecular flexibility index (Phi) is 17.1. The highest BCUT2D eigenvalue weighted by atomic mass is 79.9. The van der Waals surface area contributed by atoms with Gasteiger partial charge in [0.1, 0.15) is 6.04 Å². The van der Waals surface area contributed by atoms with E-state index in [9.17, 15) is 24.0 Å². The lowest BCUT2D eigenvalue weighted by Gasteiger charge is -2.25. The van der Waals surface area contributed by atoms with E-state index >= 15 is 0 Å². The van der Waals surface area contributed by atoms with Crippen LogP contribution in [0.15, 0.2) is 77.3 Å². The summed E-state index contributed by atoms with van der Waals surface area (Å²) in [6.45, 7) is 10.0. The smallest absolute Gasteiger partial charge is 0.251 e. The maximum atomic E-state index is 14.0. The number of nitrogens with zero attached hydrogens (tertiary/aromatic N) is 1. The summed E-state index contributed by atoms with van der Waals surface area (Å²) in [5.74, 6) is -1.84. The molecule has 0 heterocycles. The maximum Gasteiger partial charge on any atom is 0.251 e. The topological polar surface area (TPSA) is 158 Å². The molecule has 0 unspecified atom stereocenters. The molecule has 0 aliphatic carbocycles. The number of methoxy groups -OCH3 is 1. The summed E-state index contributed by atoms with van der Waals surface area (Å²) < 4.78 is 6.00. The van der Waals surface area contributed by atoms with Crippen molar-refractivity contribution in [3.05, 3.63) is 99.5 Å². The molecular formula is C40H53BrN6O6. The van der Waals surface area contributed by atoms with Gasteiger partial charge in [0.05, 0.1) is 25.1 Å². The monoisotopic (exact) mass is 792 g/mol. The fraction of sp³-hybridized carbons (Fsp3) is 0.425. The van der Waals surface area contributed by atoms with Crippen LogP contribution in [0, 0.1) is 5.92 Å². The SMILES string of the molecule is CCNC(=O)[C@@H](NC(=O)[C@H](C)NC[C@H](Cc1ccccc1)NC(=O)c1cc(C(=O)N[C@H](C)c2ccc(Br)cc2)cc(N(C)C(=O)CCOC)c1)C(C)C. The third-order valence-corrected chi connectivity index (χ3v) is 9.29. The Balaban J connectivity index is 1.88. The van der Waals surface area contributed by atoms with Crippen molar-refractivity contribution < 1.29 is 28.7 Å². The van der Waals surface area contributed by atoms with Gasteiger partial charge in [-0.05, 0) is 74.6 Å². The van der Waals surface area contributed by atoms with Crippen molar-refractivity contribution >= 4 is 51.2 Å². The van der Waals surface area contributed by atoms with Crippen LogP contribution in [0.2, 0.25) is 0 Å². The van der Waals surface area contributed by atoms with Gasteiger partial charge in [-0.1, -0.05) is 72.2 Å². The molecule has 0 aromatic heterocycles. The average Bonchev–Trinajstić information content (AvgIpc) is 3.14. The molecule has 4 atom stereocenters. The van der Waals surface area contributed by atoms with Crippen molar-refractivity contribution in [2.75, 3.05) is 38.8 Å². The van der Waals surface area contributed by atoms with Crippen LogP contribution in [-0.2, 0) is 25.5 Å². The summed E-state index contributed by atoms with van der Waals surface area (Å²) in [6.07, 6.45) is 0.553. The van der Waals surface area contributed by atoms with Gasteiger partial charge in [0.2, 0.25) is 17.7 Å². The van der Waals surface area contributed by atoms with Crippen LogP contribution in [0.5, 0.6) is 0 Å². The van der Waals surface area contributed by atoms with Gasteiger partial charge in [-0.2, -0.15) is 0 Å². The van der Waals surface area contributed by atoms with Crippen LogP contribution in [0.25, 0.3) is 0 Å². The number of rotatable bonds is 19. The van der Waals surface area contributed by atoms with E-state index in [1.807, 2.05) is 82.3 Å². The lowest BCUT2D eigenvalue weighted by atomic mass is 10.0. The van der Waals surface area contributed by atoms with Crippen molar-refractivity contribution in [3.8, 4) is 0 Å². The van der Waals surface area contributed by atoms with Gasteiger partial charge in [-0.25, -0.2) is 0 Å². The highest BCUT2D eigenvalue weighted by molar-refractivity contribution is 9.10. The number of halogens is 1. The molecule has 0 saturated heterocycles. The molecule has 0 radical (unpaired) electrons. The van der Waals surface area contributed by atoms with Gasteiger partial charge in [0.15, 0.2) is 0 Å². The molecule has 3 aromatic rings. The minimum Gasteiger partial charge on any atom is -0.384 e. The molecule has 3 rings (SSSR count). The molecule has 0 fully saturated rings. The van der Waals surface area contributed by atoms with Gasteiger partial charge in [-0.15, -0.1) is 0 Å². The number of benzene rings is 3. The average molecular weight is 794 g/mol. The molecule has 0 spiro atoms. The van der Waals surface area contributed by atoms with Gasteiger partial charge in [0, 0.05) is 54.6 Å². The third kappa shape index (κ3) is 13.4. The highest BCUT2D eigenvalue weighted by Crippen LogP contribution is 2.22. The second kappa shape index (κ2) is 21.2. The second-order valence-electron chi connectivity index (χ2n) is 13.3. The first-order valence-corrected chi connectivity index (χ1v) is 18.7. The Morgan fingerprint density at radius 1 is 0.811 bits per heavy atom. The molecule has 12 nitrogen and oxygen atoms in total. The fourth-order valence-corrected chi connectivity index (χ4v) is 5.80. The highest BCUT2D eigenvalue weighted by Gasteiger charge is 2.27. The third-order valence-electron chi connectivity index (χ3n) is 8.76. The Morgan fingerprint density at radius 3 is 2.02 bits per heavy atom. The summed E-state index contributed by atoms with van der Waals surface area (Å²) in [5, 5.41) is 14.9. The quantitative estimate of drug-likeness (QED) is 0.119. The van der Waals surface area contributed by atoms with Gasteiger partial charge in [-0.3, -0.25) is 24.0 Å². The van der Waals surface area contributed by atoms with Crippen molar-refractivity contribution in [2.24, 2.45) is 5.92 Å². The molecule has 286 valence electrons. The zero-order chi connectivity index (χ0) is 39.1. The van der Waals surface area contributed by atoms with Crippen LogP contribution in [0.3, 0.4) is 0 Å². The van der Waals surface area contributed by atoms with E-state index in [1.165, 1.54) is 18.1 Å². The zero-order valence-electron chi connectivity index (χ0n) is 31.6. The van der Waals surface area contributed by atoms with Gasteiger partial charge in [0.25, 0.3) is 11.8 Å². The summed E-state index contributed by atoms with van der Waals surface area (Å²) in [7, 11) is 3.10. The van der Waals surface area contributed by atoms with E-state index in [2.05, 4.69) is 42.5 Å². The molecule has 13 heteroatoms. The first-order chi connectivity index (χ1) is 25.2. The Hall–Kier alpha value is -4.59. The fourth-order valence-electron chi connectivity index (χ4n) is 5.53. The lowest BCUT2D eigenvalue weighted by Crippen LogP contribution is -2.55. The van der Waals surface area contributed by atoms with Crippen LogP contribution < -0.4 is 31.5 Å². The number of hydrogen-bond donors (Lipinski definition) is 5. The number of nitrogens with one attached hydrogen (secondary N) is 5. The molecule has 5 amide bonds. The first kappa shape index (κ1) is 42.8. The van der Waals surface area contributed by atoms with Crippen LogP contribution in [0.4, 0.5) is 5.69 Å². The second-order valence-corrected chi connectivity index (χ2v) is 14.2. The Morgan fingerprint density at radius 2 is 1.43 bits per heavy atom. The van der Waals surface area contributed by atoms with Crippen molar-refractivity contribution in [1.82, 2.24) is 26.6 Å². The number of amides is 5. The number of hydrogen-bond acceptors (Lipinski definition) is 7. The number of anilines is 1. The van der Waals surface area contributed by atoms with Crippen molar-refractivity contribution in [1.29, 1.82) is 0 Å². The summed E-state index contributed by atoms with van der Waals surface area (Å²) >= 11 is 3.43. The maximum absolute atomic E-state index is 14.0. The molecule has 0 saturated carbocycles. The predicted octanol–water partition coefficient (Wildman–Crippen LogP) is 4.54. The number of likely N-dealkylation sites (N-methyl/N-ethyl adjacent to an activating group) is 1. The molecule has 5 N–H and O–H groups in total. The van der Waals surface area contributed by atoms with Crippen LogP contribution in [0.1, 0.15) is 78.9 Å². The van der Waals surface area contributed by atoms with E-state index in [4.69, 9.17) is 4.74 Å². The lowest BCUT2D eigenvalue weighted by molar-refractivity contribution is -0.130. The van der Waals surface area contributed by atoms with Crippen LogP contribution in [-0.4, -0.2) is 81.5 Å². The normalized spacial score (nSPS) is 13.3. The molecule has 0 bridgehead atoms. The van der Waals surface area contributed by atoms with E-state index in [-0.39, 0.29) is 60.4 Å². The summed E-state index contributed by atoms with van der Waals surface area (Å²) in [5.41, 5.74) is 2.62. The van der Waals surface area contributed by atoms with Crippen LogP contribution >= 0.6 is 15.9 Å². The molecule has 0 aliphatic rings. The van der Waals surface area contributed by atoms with E-state index in [0.29, 0.717) is 18.7 Å². The molecule has 0 aliphatic heterocycles. The minimum atomic E-state index is -0.692. The van der Waals surface area contributed by atoms with Crippen molar-refractivity contribution in [3.63, 3.8) is 0 Å². The Labute approximate surface area is 321 Å². The van der Waals surface area contributed by atoms with E-state index in [0.717, 1.165) is 15.6 Å². The summed E-state index contributed by atoms with van der Waals surface area (Å²) in [4.78, 5) is 67.8.